The fourth-order valence-electron chi connectivity index (χ4n) is 3.43. The summed E-state index contributed by atoms with van der Waals surface area (Å²) in [4.78, 5) is 13.8. The number of benzene rings is 2. The molecule has 0 radical (unpaired) electrons. The third-order valence-corrected chi connectivity index (χ3v) is 5.23. The molecule has 0 fully saturated rings. The molecule has 0 spiro atoms. The van der Waals surface area contributed by atoms with Crippen molar-refractivity contribution in [1.29, 1.82) is 0 Å². The maximum absolute atomic E-state index is 13.7. The second-order valence-electron chi connectivity index (χ2n) is 8.61. The zero-order valence-corrected chi connectivity index (χ0v) is 18.7. The van der Waals surface area contributed by atoms with Crippen LogP contribution in [-0.4, -0.2) is 36.8 Å². The number of nitrogens with one attached hydrogen (secondary N) is 2. The van der Waals surface area contributed by atoms with Gasteiger partial charge in [-0.05, 0) is 49.6 Å². The number of imidazole rings is 1. The predicted molar refractivity (Wildman–Crippen MR) is 128 cm³/mol. The fraction of sp³-hybridized carbons (Fsp3) is 0.292. The first kappa shape index (κ1) is 22.5. The minimum Gasteiger partial charge on any atom is -0.398 e. The molecule has 8 nitrogen and oxygen atoms in total. The maximum Gasteiger partial charge on any atom is 0.226 e. The Balaban J connectivity index is 1.65. The van der Waals surface area contributed by atoms with Crippen molar-refractivity contribution in [2.24, 2.45) is 0 Å². The van der Waals surface area contributed by atoms with Gasteiger partial charge in [0.15, 0.2) is 17.0 Å². The molecule has 33 heavy (non-hydrogen) atoms. The van der Waals surface area contributed by atoms with Crippen LogP contribution in [-0.2, 0) is 13.1 Å². The van der Waals surface area contributed by atoms with Crippen molar-refractivity contribution in [2.45, 2.75) is 39.0 Å². The Bertz CT molecular complexity index is 1240. The van der Waals surface area contributed by atoms with Gasteiger partial charge >= 0.3 is 0 Å². The summed E-state index contributed by atoms with van der Waals surface area (Å²) in [6.07, 6.45) is 2.26. The number of nitrogen functional groups attached to an aromatic ring is 1. The first-order chi connectivity index (χ1) is 15.8. The second-order valence-corrected chi connectivity index (χ2v) is 8.61. The highest BCUT2D eigenvalue weighted by atomic mass is 19.1. The van der Waals surface area contributed by atoms with Crippen LogP contribution in [0.15, 0.2) is 54.9 Å². The molecule has 0 aliphatic heterocycles. The first-order valence-corrected chi connectivity index (χ1v) is 10.8. The SMILES string of the molecule is CC(C)(O)CCNc1nc(NCc2cc(F)ccc2N)c2ncn(Cc3ccccc3)c2n1. The van der Waals surface area contributed by atoms with Crippen LogP contribution < -0.4 is 16.4 Å². The number of nitrogens with two attached hydrogens (primary N) is 1. The van der Waals surface area contributed by atoms with Crippen molar-refractivity contribution in [3.05, 3.63) is 71.8 Å². The van der Waals surface area contributed by atoms with Crippen molar-refractivity contribution >= 4 is 28.6 Å². The van der Waals surface area contributed by atoms with Gasteiger partial charge in [-0.2, -0.15) is 9.97 Å². The molecular formula is C24H28FN7O. The van der Waals surface area contributed by atoms with Crippen LogP contribution >= 0.6 is 0 Å². The molecule has 0 atom stereocenters. The fourth-order valence-corrected chi connectivity index (χ4v) is 3.43. The molecule has 9 heteroatoms. The largest absolute Gasteiger partial charge is 0.398 e. The van der Waals surface area contributed by atoms with E-state index in [2.05, 4.69) is 25.6 Å². The van der Waals surface area contributed by atoms with Crippen LogP contribution in [0.1, 0.15) is 31.4 Å². The number of rotatable bonds is 9. The predicted octanol–water partition coefficient (Wildman–Crippen LogP) is 3.78. The Morgan fingerprint density at radius 1 is 1.09 bits per heavy atom. The Morgan fingerprint density at radius 2 is 1.88 bits per heavy atom. The molecule has 5 N–H and O–H groups in total. The minimum atomic E-state index is -0.803. The monoisotopic (exact) mass is 449 g/mol. The topological polar surface area (TPSA) is 114 Å². The summed E-state index contributed by atoms with van der Waals surface area (Å²) in [5.41, 5.74) is 8.70. The number of fused-ring (bicyclic) bond motifs is 1. The lowest BCUT2D eigenvalue weighted by atomic mass is 10.1. The van der Waals surface area contributed by atoms with Gasteiger partial charge in [-0.3, -0.25) is 0 Å². The Labute approximate surface area is 191 Å². The van der Waals surface area contributed by atoms with E-state index in [1.165, 1.54) is 12.1 Å². The molecule has 4 rings (SSSR count). The van der Waals surface area contributed by atoms with E-state index in [9.17, 15) is 9.50 Å². The Kier molecular flexibility index (Phi) is 6.41. The minimum absolute atomic E-state index is 0.282. The lowest BCUT2D eigenvalue weighted by molar-refractivity contribution is 0.0748. The molecule has 2 aromatic heterocycles. The highest BCUT2D eigenvalue weighted by Gasteiger charge is 2.16. The van der Waals surface area contributed by atoms with Crippen LogP contribution in [0.5, 0.6) is 0 Å². The second kappa shape index (κ2) is 9.41. The zero-order valence-electron chi connectivity index (χ0n) is 18.7. The quantitative estimate of drug-likeness (QED) is 0.288. The molecule has 2 aromatic carbocycles. The van der Waals surface area contributed by atoms with Crippen LogP contribution in [0.3, 0.4) is 0 Å². The van der Waals surface area contributed by atoms with Crippen molar-refractivity contribution in [1.82, 2.24) is 19.5 Å². The number of aliphatic hydroxyl groups is 1. The van der Waals surface area contributed by atoms with Gasteiger partial charge in [-0.1, -0.05) is 30.3 Å². The van der Waals surface area contributed by atoms with Gasteiger partial charge in [-0.25, -0.2) is 9.37 Å². The van der Waals surface area contributed by atoms with Crippen LogP contribution in [0.25, 0.3) is 11.2 Å². The number of hydrogen-bond donors (Lipinski definition) is 4. The van der Waals surface area contributed by atoms with Gasteiger partial charge in [0.25, 0.3) is 0 Å². The number of nitrogens with zero attached hydrogens (tertiary/aromatic N) is 4. The third kappa shape index (κ3) is 5.75. The number of hydrogen-bond acceptors (Lipinski definition) is 7. The summed E-state index contributed by atoms with van der Waals surface area (Å²) < 4.78 is 15.6. The van der Waals surface area contributed by atoms with E-state index in [0.717, 1.165) is 5.56 Å². The van der Waals surface area contributed by atoms with Crippen molar-refractivity contribution in [3.8, 4) is 0 Å². The van der Waals surface area contributed by atoms with Gasteiger partial charge in [0.2, 0.25) is 5.95 Å². The lowest BCUT2D eigenvalue weighted by Crippen LogP contribution is -2.23. The van der Waals surface area contributed by atoms with E-state index in [0.29, 0.717) is 53.7 Å². The maximum atomic E-state index is 13.7. The number of anilines is 3. The molecule has 0 saturated carbocycles. The summed E-state index contributed by atoms with van der Waals surface area (Å²) in [5, 5.41) is 16.4. The average molecular weight is 450 g/mol. The zero-order chi connectivity index (χ0) is 23.4. The molecule has 2 heterocycles. The van der Waals surface area contributed by atoms with E-state index < -0.39 is 5.60 Å². The van der Waals surface area contributed by atoms with Crippen molar-refractivity contribution in [3.63, 3.8) is 0 Å². The molecule has 4 aromatic rings. The standard InChI is InChI=1S/C24H28FN7O/c1-24(2,33)10-11-27-23-30-21(28-13-17-12-18(25)8-9-19(17)26)20-22(31-23)32(15-29-20)14-16-6-4-3-5-7-16/h3-9,12,15,33H,10-11,13-14,26H2,1-2H3,(H2,27,28,30,31). The smallest absolute Gasteiger partial charge is 0.226 e. The summed E-state index contributed by atoms with van der Waals surface area (Å²) in [6.45, 7) is 4.89. The summed E-state index contributed by atoms with van der Waals surface area (Å²) in [6, 6.07) is 14.3. The van der Waals surface area contributed by atoms with E-state index >= 15 is 0 Å². The summed E-state index contributed by atoms with van der Waals surface area (Å²) >= 11 is 0. The molecule has 0 aliphatic rings. The molecule has 0 amide bonds. The van der Waals surface area contributed by atoms with E-state index in [-0.39, 0.29) is 12.4 Å². The first-order valence-electron chi connectivity index (χ1n) is 10.8. The molecule has 0 unspecified atom stereocenters. The van der Waals surface area contributed by atoms with Gasteiger partial charge in [0.1, 0.15) is 5.82 Å². The average Bonchev–Trinajstić information content (AvgIpc) is 3.17. The van der Waals surface area contributed by atoms with Crippen molar-refractivity contribution in [2.75, 3.05) is 22.9 Å². The van der Waals surface area contributed by atoms with E-state index in [1.807, 2.05) is 34.9 Å². The Hall–Kier alpha value is -3.72. The van der Waals surface area contributed by atoms with Gasteiger partial charge in [-0.15, -0.1) is 0 Å². The van der Waals surface area contributed by atoms with Crippen LogP contribution in [0.4, 0.5) is 21.8 Å². The van der Waals surface area contributed by atoms with Crippen molar-refractivity contribution < 1.29 is 9.50 Å². The van der Waals surface area contributed by atoms with Gasteiger partial charge in [0, 0.05) is 18.8 Å². The van der Waals surface area contributed by atoms with Gasteiger partial charge < -0.3 is 26.0 Å². The van der Waals surface area contributed by atoms with E-state index in [4.69, 9.17) is 5.73 Å². The normalized spacial score (nSPS) is 11.6. The Morgan fingerprint density at radius 3 is 2.64 bits per heavy atom. The van der Waals surface area contributed by atoms with Crippen LogP contribution in [0, 0.1) is 5.82 Å². The summed E-state index contributed by atoms with van der Waals surface area (Å²) in [7, 11) is 0. The molecule has 172 valence electrons. The highest BCUT2D eigenvalue weighted by Crippen LogP contribution is 2.24. The molecule has 0 bridgehead atoms. The van der Waals surface area contributed by atoms with E-state index in [1.54, 1.807) is 26.2 Å². The summed E-state index contributed by atoms with van der Waals surface area (Å²) in [5.74, 6) is 0.576. The molecular weight excluding hydrogens is 421 g/mol. The van der Waals surface area contributed by atoms with Gasteiger partial charge in [0.05, 0.1) is 18.5 Å². The third-order valence-electron chi connectivity index (χ3n) is 5.23. The number of halogens is 1. The number of aromatic nitrogens is 4. The van der Waals surface area contributed by atoms with Crippen LogP contribution in [0.2, 0.25) is 0 Å². The molecule has 0 saturated heterocycles. The molecule has 0 aliphatic carbocycles. The lowest BCUT2D eigenvalue weighted by Gasteiger charge is -2.17. The highest BCUT2D eigenvalue weighted by molar-refractivity contribution is 5.84.